The van der Waals surface area contributed by atoms with E-state index >= 15 is 0 Å². The molecule has 0 spiro atoms. The third-order valence-electron chi connectivity index (χ3n) is 5.64. The molecule has 1 N–H and O–H groups in total. The molecule has 1 unspecified atom stereocenters. The maximum absolute atomic E-state index is 11.7. The van der Waals surface area contributed by atoms with Crippen LogP contribution >= 0.6 is 27.7 Å². The lowest BCUT2D eigenvalue weighted by Gasteiger charge is -2.21. The van der Waals surface area contributed by atoms with Gasteiger partial charge in [0.05, 0.1) is 19.6 Å². The average Bonchev–Trinajstić information content (AvgIpc) is 2.79. The second-order valence-electron chi connectivity index (χ2n) is 8.42. The highest BCUT2D eigenvalue weighted by Crippen LogP contribution is 2.36. The van der Waals surface area contributed by atoms with E-state index in [4.69, 9.17) is 14.2 Å². The summed E-state index contributed by atoms with van der Waals surface area (Å²) in [5.74, 6) is 0.100. The standard InChI is InChI=1S/C26H31BrO6S/c1-3-31-25(28)15-24(26(29)30)33-23-10-9-21(11-17(23)2)34-22-13-19(27)12-20(14-22)32-16-18-7-5-4-6-8-18/h9-14,18,24H,3-8,15-16H2,1-2H3,(H,29,30). The molecule has 1 fully saturated rings. The van der Waals surface area contributed by atoms with Gasteiger partial charge in [-0.25, -0.2) is 4.79 Å². The molecule has 1 atom stereocenters. The molecule has 0 saturated heterocycles. The lowest BCUT2D eigenvalue weighted by atomic mass is 9.90. The zero-order chi connectivity index (χ0) is 24.5. The van der Waals surface area contributed by atoms with Crippen LogP contribution in [0.5, 0.6) is 11.5 Å². The number of carboxylic acids is 1. The Hall–Kier alpha value is -2.19. The smallest absolute Gasteiger partial charge is 0.345 e. The first-order valence-electron chi connectivity index (χ1n) is 11.6. The van der Waals surface area contributed by atoms with Crippen LogP contribution in [0.1, 0.15) is 51.0 Å². The van der Waals surface area contributed by atoms with Gasteiger partial charge < -0.3 is 19.3 Å². The van der Waals surface area contributed by atoms with Crippen LogP contribution in [0.3, 0.4) is 0 Å². The highest BCUT2D eigenvalue weighted by Gasteiger charge is 2.25. The summed E-state index contributed by atoms with van der Waals surface area (Å²) in [5, 5.41) is 9.42. The largest absolute Gasteiger partial charge is 0.493 e. The van der Waals surface area contributed by atoms with Crippen LogP contribution in [-0.4, -0.2) is 36.4 Å². The van der Waals surface area contributed by atoms with E-state index in [1.807, 2.05) is 37.3 Å². The number of aliphatic carboxylic acids is 1. The molecule has 1 aliphatic rings. The molecule has 1 saturated carbocycles. The Morgan fingerprint density at radius 2 is 1.88 bits per heavy atom. The number of aryl methyl sites for hydroxylation is 1. The molecule has 0 aliphatic heterocycles. The van der Waals surface area contributed by atoms with Crippen molar-refractivity contribution in [2.24, 2.45) is 5.92 Å². The first-order valence-corrected chi connectivity index (χ1v) is 13.2. The Kier molecular flexibility index (Phi) is 10.1. The van der Waals surface area contributed by atoms with Crippen LogP contribution in [-0.2, 0) is 14.3 Å². The molecule has 0 amide bonds. The van der Waals surface area contributed by atoms with Gasteiger partial charge in [-0.1, -0.05) is 47.0 Å². The molecular formula is C26H31BrO6S. The van der Waals surface area contributed by atoms with Crippen molar-refractivity contribution in [3.05, 3.63) is 46.4 Å². The monoisotopic (exact) mass is 550 g/mol. The van der Waals surface area contributed by atoms with E-state index in [0.717, 1.165) is 32.2 Å². The molecule has 2 aromatic carbocycles. The normalized spacial score (nSPS) is 14.9. The third kappa shape index (κ3) is 8.24. The summed E-state index contributed by atoms with van der Waals surface area (Å²) in [6.45, 7) is 4.47. The number of carbonyl (C=O) groups is 2. The molecule has 3 rings (SSSR count). The predicted octanol–water partition coefficient (Wildman–Crippen LogP) is 6.65. The van der Waals surface area contributed by atoms with Crippen LogP contribution in [0.2, 0.25) is 0 Å². The molecule has 184 valence electrons. The van der Waals surface area contributed by atoms with E-state index in [0.29, 0.717) is 11.7 Å². The van der Waals surface area contributed by atoms with Crippen molar-refractivity contribution in [1.82, 2.24) is 0 Å². The summed E-state index contributed by atoms with van der Waals surface area (Å²) < 4.78 is 17.5. The van der Waals surface area contributed by atoms with Gasteiger partial charge in [0, 0.05) is 14.3 Å². The number of halogens is 1. The van der Waals surface area contributed by atoms with Gasteiger partial charge in [0.15, 0.2) is 0 Å². The zero-order valence-electron chi connectivity index (χ0n) is 19.6. The van der Waals surface area contributed by atoms with Gasteiger partial charge in [-0.15, -0.1) is 0 Å². The summed E-state index contributed by atoms with van der Waals surface area (Å²) in [4.78, 5) is 25.2. The second-order valence-corrected chi connectivity index (χ2v) is 10.5. The van der Waals surface area contributed by atoms with Gasteiger partial charge in [-0.3, -0.25) is 4.79 Å². The van der Waals surface area contributed by atoms with Crippen LogP contribution in [0.15, 0.2) is 50.7 Å². The molecule has 6 nitrogen and oxygen atoms in total. The van der Waals surface area contributed by atoms with Crippen LogP contribution in [0, 0.1) is 12.8 Å². The van der Waals surface area contributed by atoms with Crippen molar-refractivity contribution in [3.8, 4) is 11.5 Å². The lowest BCUT2D eigenvalue weighted by Crippen LogP contribution is -2.30. The number of hydrogen-bond donors (Lipinski definition) is 1. The van der Waals surface area contributed by atoms with Crippen molar-refractivity contribution in [2.45, 2.75) is 68.3 Å². The fourth-order valence-corrected chi connectivity index (χ4v) is 5.53. The Balaban J connectivity index is 1.64. The number of benzene rings is 2. The quantitative estimate of drug-likeness (QED) is 0.313. The van der Waals surface area contributed by atoms with Gasteiger partial charge in [0.25, 0.3) is 0 Å². The van der Waals surface area contributed by atoms with Crippen LogP contribution < -0.4 is 9.47 Å². The first-order chi connectivity index (χ1) is 16.3. The SMILES string of the molecule is CCOC(=O)CC(Oc1ccc(Sc2cc(Br)cc(OCC3CCCCC3)c2)cc1C)C(=O)O. The van der Waals surface area contributed by atoms with Crippen molar-refractivity contribution in [3.63, 3.8) is 0 Å². The minimum Gasteiger partial charge on any atom is -0.493 e. The number of esters is 1. The molecule has 34 heavy (non-hydrogen) atoms. The highest BCUT2D eigenvalue weighted by molar-refractivity contribution is 9.10. The number of carbonyl (C=O) groups excluding carboxylic acids is 1. The Morgan fingerprint density at radius 1 is 1.12 bits per heavy atom. The van der Waals surface area contributed by atoms with Gasteiger partial charge >= 0.3 is 11.9 Å². The Bertz CT molecular complexity index is 989. The van der Waals surface area contributed by atoms with E-state index in [2.05, 4.69) is 15.9 Å². The minimum atomic E-state index is -1.30. The molecule has 8 heteroatoms. The molecule has 0 radical (unpaired) electrons. The Morgan fingerprint density at radius 3 is 2.56 bits per heavy atom. The van der Waals surface area contributed by atoms with E-state index in [-0.39, 0.29) is 13.0 Å². The zero-order valence-corrected chi connectivity index (χ0v) is 22.0. The van der Waals surface area contributed by atoms with E-state index < -0.39 is 18.0 Å². The lowest BCUT2D eigenvalue weighted by molar-refractivity contribution is -0.154. The molecule has 2 aromatic rings. The van der Waals surface area contributed by atoms with Crippen molar-refractivity contribution >= 4 is 39.6 Å². The fraction of sp³-hybridized carbons (Fsp3) is 0.462. The van der Waals surface area contributed by atoms with Crippen LogP contribution in [0.4, 0.5) is 0 Å². The topological polar surface area (TPSA) is 82.1 Å². The summed E-state index contributed by atoms with van der Waals surface area (Å²) >= 11 is 5.17. The van der Waals surface area contributed by atoms with Crippen molar-refractivity contribution in [2.75, 3.05) is 13.2 Å². The summed E-state index contributed by atoms with van der Waals surface area (Å²) in [5.41, 5.74) is 0.781. The van der Waals surface area contributed by atoms with Gasteiger partial charge in [0.2, 0.25) is 6.10 Å². The van der Waals surface area contributed by atoms with E-state index in [9.17, 15) is 14.7 Å². The van der Waals surface area contributed by atoms with Crippen LogP contribution in [0.25, 0.3) is 0 Å². The molecule has 0 aromatic heterocycles. The minimum absolute atomic E-state index is 0.194. The summed E-state index contributed by atoms with van der Waals surface area (Å²) in [6, 6.07) is 11.6. The maximum Gasteiger partial charge on any atom is 0.345 e. The number of carboxylic acid groups (broad SMARTS) is 1. The summed E-state index contributed by atoms with van der Waals surface area (Å²) in [6.07, 6.45) is 4.76. The van der Waals surface area contributed by atoms with Gasteiger partial charge in [-0.2, -0.15) is 0 Å². The van der Waals surface area contributed by atoms with Crippen molar-refractivity contribution < 1.29 is 28.9 Å². The average molecular weight is 551 g/mol. The third-order valence-corrected chi connectivity index (χ3v) is 7.06. The molecule has 1 aliphatic carbocycles. The van der Waals surface area contributed by atoms with Gasteiger partial charge in [0.1, 0.15) is 11.5 Å². The molecular weight excluding hydrogens is 520 g/mol. The van der Waals surface area contributed by atoms with Gasteiger partial charge in [-0.05, 0) is 74.6 Å². The first kappa shape index (κ1) is 26.4. The predicted molar refractivity (Wildman–Crippen MR) is 135 cm³/mol. The highest BCUT2D eigenvalue weighted by atomic mass is 79.9. The van der Waals surface area contributed by atoms with E-state index in [1.54, 1.807) is 24.8 Å². The van der Waals surface area contributed by atoms with E-state index in [1.165, 1.54) is 32.1 Å². The number of hydrogen-bond acceptors (Lipinski definition) is 6. The second kappa shape index (κ2) is 13.0. The number of rotatable bonds is 11. The number of ether oxygens (including phenoxy) is 3. The molecule has 0 bridgehead atoms. The summed E-state index contributed by atoms with van der Waals surface area (Å²) in [7, 11) is 0. The fourth-order valence-electron chi connectivity index (χ4n) is 3.90. The van der Waals surface area contributed by atoms with Crippen molar-refractivity contribution in [1.29, 1.82) is 0 Å². The molecule has 0 heterocycles. The maximum atomic E-state index is 11.7. The Labute approximate surface area is 213 Å².